The normalized spacial score (nSPS) is 10.5. The predicted molar refractivity (Wildman–Crippen MR) is 88.4 cm³/mol. The molecule has 0 unspecified atom stereocenters. The van der Waals surface area contributed by atoms with E-state index in [1.165, 1.54) is 0 Å². The average molecular weight is 298 g/mol. The van der Waals surface area contributed by atoms with Crippen LogP contribution in [0.5, 0.6) is 11.5 Å². The Hall–Kier alpha value is -2.29. The van der Waals surface area contributed by atoms with Gasteiger partial charge in [0.25, 0.3) is 0 Å². The maximum atomic E-state index is 13.1. The molecule has 0 fully saturated rings. The molecule has 22 heavy (non-hydrogen) atoms. The quantitative estimate of drug-likeness (QED) is 0.795. The Bertz CT molecular complexity index is 681. The van der Waals surface area contributed by atoms with Crippen molar-refractivity contribution in [2.45, 2.75) is 27.7 Å². The van der Waals surface area contributed by atoms with Gasteiger partial charge in [0.2, 0.25) is 5.78 Å². The summed E-state index contributed by atoms with van der Waals surface area (Å²) >= 11 is 0. The standard InChI is InChI=1S/C19H22O3/c1-11-7-12(2)9-15(8-11)17(20)16-18(21-5)13(3)10-14(4)19(16)22-6/h7-10H,1-6H3. The van der Waals surface area contributed by atoms with Gasteiger partial charge < -0.3 is 9.47 Å². The lowest BCUT2D eigenvalue weighted by atomic mass is 9.94. The molecular formula is C19H22O3. The van der Waals surface area contributed by atoms with E-state index in [9.17, 15) is 4.79 Å². The average Bonchev–Trinajstić information content (AvgIpc) is 2.44. The molecule has 2 aromatic rings. The Morgan fingerprint density at radius 2 is 1.23 bits per heavy atom. The fraction of sp³-hybridized carbons (Fsp3) is 0.316. The summed E-state index contributed by atoms with van der Waals surface area (Å²) in [7, 11) is 3.16. The third-order valence-corrected chi connectivity index (χ3v) is 3.72. The molecule has 0 bridgehead atoms. The Kier molecular flexibility index (Phi) is 4.55. The SMILES string of the molecule is COc1c(C)cc(C)c(OC)c1C(=O)c1cc(C)cc(C)c1. The van der Waals surface area contributed by atoms with Gasteiger partial charge in [-0.25, -0.2) is 0 Å². The van der Waals surface area contributed by atoms with Crippen molar-refractivity contribution in [2.75, 3.05) is 14.2 Å². The van der Waals surface area contributed by atoms with E-state index in [2.05, 4.69) is 0 Å². The summed E-state index contributed by atoms with van der Waals surface area (Å²) in [6.07, 6.45) is 0. The van der Waals surface area contributed by atoms with Crippen molar-refractivity contribution in [3.05, 3.63) is 57.6 Å². The number of aryl methyl sites for hydroxylation is 4. The summed E-state index contributed by atoms with van der Waals surface area (Å²) in [4.78, 5) is 13.1. The highest BCUT2D eigenvalue weighted by molar-refractivity contribution is 6.13. The van der Waals surface area contributed by atoms with Crippen LogP contribution in [0.3, 0.4) is 0 Å². The van der Waals surface area contributed by atoms with Gasteiger partial charge in [0.05, 0.1) is 14.2 Å². The number of methoxy groups -OCH3 is 2. The first-order valence-corrected chi connectivity index (χ1v) is 7.24. The van der Waals surface area contributed by atoms with Crippen molar-refractivity contribution in [3.63, 3.8) is 0 Å². The van der Waals surface area contributed by atoms with Crippen LogP contribution in [-0.4, -0.2) is 20.0 Å². The minimum atomic E-state index is -0.0766. The number of hydrogen-bond donors (Lipinski definition) is 0. The van der Waals surface area contributed by atoms with E-state index in [1.54, 1.807) is 14.2 Å². The van der Waals surface area contributed by atoms with Crippen molar-refractivity contribution in [1.29, 1.82) is 0 Å². The van der Waals surface area contributed by atoms with E-state index in [1.807, 2.05) is 52.0 Å². The molecule has 0 saturated heterocycles. The Balaban J connectivity index is 2.71. The van der Waals surface area contributed by atoms with Crippen LogP contribution < -0.4 is 9.47 Å². The maximum absolute atomic E-state index is 13.1. The Morgan fingerprint density at radius 1 is 0.773 bits per heavy atom. The van der Waals surface area contributed by atoms with Gasteiger partial charge in [-0.05, 0) is 57.0 Å². The monoisotopic (exact) mass is 298 g/mol. The fourth-order valence-corrected chi connectivity index (χ4v) is 2.94. The molecule has 0 amide bonds. The summed E-state index contributed by atoms with van der Waals surface area (Å²) in [5.74, 6) is 1.07. The van der Waals surface area contributed by atoms with Crippen molar-refractivity contribution in [1.82, 2.24) is 0 Å². The highest BCUT2D eigenvalue weighted by Gasteiger charge is 2.23. The molecule has 0 aliphatic carbocycles. The van der Waals surface area contributed by atoms with E-state index in [-0.39, 0.29) is 5.78 Å². The van der Waals surface area contributed by atoms with Crippen LogP contribution >= 0.6 is 0 Å². The first kappa shape index (κ1) is 16.1. The predicted octanol–water partition coefficient (Wildman–Crippen LogP) is 4.17. The van der Waals surface area contributed by atoms with Crippen molar-refractivity contribution in [3.8, 4) is 11.5 Å². The second-order valence-corrected chi connectivity index (χ2v) is 5.66. The lowest BCUT2D eigenvalue weighted by molar-refractivity contribution is 0.103. The molecule has 3 nitrogen and oxygen atoms in total. The molecule has 2 aromatic carbocycles. The van der Waals surface area contributed by atoms with E-state index < -0.39 is 0 Å². The minimum absolute atomic E-state index is 0.0766. The molecule has 0 saturated carbocycles. The molecule has 0 aromatic heterocycles. The van der Waals surface area contributed by atoms with E-state index in [4.69, 9.17) is 9.47 Å². The van der Waals surface area contributed by atoms with Crippen LogP contribution in [0.25, 0.3) is 0 Å². The summed E-state index contributed by atoms with van der Waals surface area (Å²) in [6.45, 7) is 7.84. The lowest BCUT2D eigenvalue weighted by Crippen LogP contribution is -2.09. The zero-order chi connectivity index (χ0) is 16.4. The van der Waals surface area contributed by atoms with Crippen molar-refractivity contribution >= 4 is 5.78 Å². The van der Waals surface area contributed by atoms with Gasteiger partial charge in [0.15, 0.2) is 0 Å². The highest BCUT2D eigenvalue weighted by Crippen LogP contribution is 2.36. The largest absolute Gasteiger partial charge is 0.496 e. The van der Waals surface area contributed by atoms with Crippen LogP contribution in [-0.2, 0) is 0 Å². The number of carbonyl (C=O) groups is 1. The summed E-state index contributed by atoms with van der Waals surface area (Å²) in [5, 5.41) is 0. The van der Waals surface area contributed by atoms with E-state index >= 15 is 0 Å². The minimum Gasteiger partial charge on any atom is -0.496 e. The number of carbonyl (C=O) groups excluding carboxylic acids is 1. The fourth-order valence-electron chi connectivity index (χ4n) is 2.94. The first-order chi connectivity index (χ1) is 10.4. The molecule has 116 valence electrons. The van der Waals surface area contributed by atoms with Crippen LogP contribution in [0, 0.1) is 27.7 Å². The third kappa shape index (κ3) is 2.84. The van der Waals surface area contributed by atoms with Crippen LogP contribution in [0.15, 0.2) is 24.3 Å². The zero-order valence-corrected chi connectivity index (χ0v) is 14.0. The topological polar surface area (TPSA) is 35.5 Å². The second-order valence-electron chi connectivity index (χ2n) is 5.66. The van der Waals surface area contributed by atoms with Gasteiger partial charge >= 0.3 is 0 Å². The van der Waals surface area contributed by atoms with Crippen LogP contribution in [0.4, 0.5) is 0 Å². The summed E-state index contributed by atoms with van der Waals surface area (Å²) < 4.78 is 11.0. The number of ketones is 1. The smallest absolute Gasteiger partial charge is 0.200 e. The zero-order valence-electron chi connectivity index (χ0n) is 14.0. The molecular weight excluding hydrogens is 276 g/mol. The van der Waals surface area contributed by atoms with E-state index in [0.717, 1.165) is 22.3 Å². The highest BCUT2D eigenvalue weighted by atomic mass is 16.5. The van der Waals surface area contributed by atoms with Gasteiger partial charge in [0.1, 0.15) is 17.1 Å². The van der Waals surface area contributed by atoms with Gasteiger partial charge in [-0.2, -0.15) is 0 Å². The Labute approximate surface area is 131 Å². The van der Waals surface area contributed by atoms with Crippen LogP contribution in [0.1, 0.15) is 38.2 Å². The first-order valence-electron chi connectivity index (χ1n) is 7.24. The molecule has 0 heterocycles. The van der Waals surface area contributed by atoms with Crippen LogP contribution in [0.2, 0.25) is 0 Å². The maximum Gasteiger partial charge on any atom is 0.200 e. The summed E-state index contributed by atoms with van der Waals surface area (Å²) in [6, 6.07) is 7.81. The van der Waals surface area contributed by atoms with Gasteiger partial charge in [-0.1, -0.05) is 17.2 Å². The molecule has 0 aliphatic rings. The van der Waals surface area contributed by atoms with E-state index in [0.29, 0.717) is 22.6 Å². The molecule has 0 atom stereocenters. The van der Waals surface area contributed by atoms with Crippen molar-refractivity contribution < 1.29 is 14.3 Å². The number of hydrogen-bond acceptors (Lipinski definition) is 3. The molecule has 0 radical (unpaired) electrons. The molecule has 0 N–H and O–H groups in total. The Morgan fingerprint density at radius 3 is 1.64 bits per heavy atom. The molecule has 0 aliphatic heterocycles. The summed E-state index contributed by atoms with van der Waals surface area (Å²) in [5.41, 5.74) is 5.12. The van der Waals surface area contributed by atoms with Gasteiger partial charge in [0, 0.05) is 5.56 Å². The molecule has 2 rings (SSSR count). The van der Waals surface area contributed by atoms with Gasteiger partial charge in [-0.3, -0.25) is 4.79 Å². The van der Waals surface area contributed by atoms with Crippen molar-refractivity contribution in [2.24, 2.45) is 0 Å². The third-order valence-electron chi connectivity index (χ3n) is 3.72. The number of benzene rings is 2. The lowest BCUT2D eigenvalue weighted by Gasteiger charge is -2.17. The number of rotatable bonds is 4. The molecule has 3 heteroatoms. The number of ether oxygens (including phenoxy) is 2. The van der Waals surface area contributed by atoms with Gasteiger partial charge in [-0.15, -0.1) is 0 Å². The second kappa shape index (κ2) is 6.22. The molecule has 0 spiro atoms.